The van der Waals surface area contributed by atoms with E-state index in [-0.39, 0.29) is 18.5 Å². The second-order valence-electron chi connectivity index (χ2n) is 12.4. The minimum atomic E-state index is -2.59. The number of rotatable bonds is 3. The van der Waals surface area contributed by atoms with Crippen LogP contribution in [0.4, 0.5) is 0 Å². The van der Waals surface area contributed by atoms with Gasteiger partial charge in [-0.25, -0.2) is 4.79 Å². The molecule has 4 saturated carbocycles. The van der Waals surface area contributed by atoms with E-state index in [0.717, 1.165) is 0 Å². The molecule has 2 aliphatic heterocycles. The van der Waals surface area contributed by atoms with Gasteiger partial charge in [0, 0.05) is 18.0 Å². The zero-order valence-electron chi connectivity index (χ0n) is 20.6. The maximum Gasteiger partial charge on any atom is 0.355 e. The highest BCUT2D eigenvalue weighted by molar-refractivity contribution is 5.87. The minimum absolute atomic E-state index is 0.0654. The molecule has 0 aromatic carbocycles. The Morgan fingerprint density at radius 2 is 1.86 bits per heavy atom. The van der Waals surface area contributed by atoms with Crippen LogP contribution in [-0.4, -0.2) is 87.6 Å². The van der Waals surface area contributed by atoms with Crippen LogP contribution in [0.25, 0.3) is 0 Å². The van der Waals surface area contributed by atoms with Crippen molar-refractivity contribution >= 4 is 5.97 Å². The quantitative estimate of drug-likeness (QED) is 0.282. The number of nitrogens with one attached hydrogen (secondary N) is 1. The van der Waals surface area contributed by atoms with Crippen LogP contribution in [0.15, 0.2) is 18.3 Å². The highest BCUT2D eigenvalue weighted by Gasteiger charge is 3.10. The van der Waals surface area contributed by atoms with E-state index in [2.05, 4.69) is 4.98 Å². The lowest BCUT2D eigenvalue weighted by Crippen LogP contribution is -2.75. The summed E-state index contributed by atoms with van der Waals surface area (Å²) in [7, 11) is 0. The summed E-state index contributed by atoms with van der Waals surface area (Å²) in [4.78, 5) is 15.9. The second kappa shape index (κ2) is 5.96. The lowest BCUT2D eigenvalue weighted by Gasteiger charge is -2.60. The summed E-state index contributed by atoms with van der Waals surface area (Å²) in [5.74, 6) is -4.34. The molecule has 1 spiro atoms. The van der Waals surface area contributed by atoms with Gasteiger partial charge in [0.25, 0.3) is 0 Å². The molecule has 1 aromatic heterocycles. The van der Waals surface area contributed by atoms with E-state index in [1.54, 1.807) is 26.8 Å². The minimum Gasteiger partial charge on any atom is -0.451 e. The maximum atomic E-state index is 13.2. The molecule has 7 N–H and O–H groups in total. The van der Waals surface area contributed by atoms with Gasteiger partial charge in [0.2, 0.25) is 0 Å². The number of H-pyrrole nitrogens is 1. The summed E-state index contributed by atoms with van der Waals surface area (Å²) < 4.78 is 12.1. The van der Waals surface area contributed by atoms with Crippen molar-refractivity contribution in [3.05, 3.63) is 24.0 Å². The van der Waals surface area contributed by atoms with Gasteiger partial charge in [-0.3, -0.25) is 0 Å². The summed E-state index contributed by atoms with van der Waals surface area (Å²) in [5.41, 5.74) is -15.2. The number of hydrogen-bond donors (Lipinski definition) is 7. The zero-order valence-corrected chi connectivity index (χ0v) is 20.6. The first kappa shape index (κ1) is 23.8. The lowest BCUT2D eigenvalue weighted by molar-refractivity contribution is -0.390. The third kappa shape index (κ3) is 1.74. The number of ether oxygens (including phenoxy) is 2. The fraction of sp³-hybridized carbons (Fsp3) is 0.800. The number of carbonyl (C=O) groups is 1. The Morgan fingerprint density at radius 3 is 2.43 bits per heavy atom. The van der Waals surface area contributed by atoms with Gasteiger partial charge in [-0.2, -0.15) is 0 Å². The van der Waals surface area contributed by atoms with Crippen LogP contribution >= 0.6 is 0 Å². The van der Waals surface area contributed by atoms with Crippen molar-refractivity contribution in [2.75, 3.05) is 0 Å². The average Bonchev–Trinajstić information content (AvgIpc) is 3.41. The summed E-state index contributed by atoms with van der Waals surface area (Å²) in [6, 6.07) is 3.06. The van der Waals surface area contributed by atoms with Gasteiger partial charge in [0.05, 0.1) is 11.5 Å². The molecule has 0 radical (unpaired) electrons. The van der Waals surface area contributed by atoms with Crippen molar-refractivity contribution in [1.29, 1.82) is 0 Å². The number of carbonyl (C=O) groups excluding carboxylic acids is 1. The smallest absolute Gasteiger partial charge is 0.355 e. The Balaban J connectivity index is 1.69. The molecule has 2 saturated heterocycles. The number of aromatic nitrogens is 1. The molecule has 6 aliphatic rings. The van der Waals surface area contributed by atoms with Crippen LogP contribution in [-0.2, 0) is 9.47 Å². The van der Waals surface area contributed by atoms with Crippen LogP contribution in [0.5, 0.6) is 0 Å². The largest absolute Gasteiger partial charge is 0.451 e. The van der Waals surface area contributed by atoms with Crippen LogP contribution < -0.4 is 0 Å². The van der Waals surface area contributed by atoms with Crippen molar-refractivity contribution in [3.63, 3.8) is 0 Å². The third-order valence-electron chi connectivity index (χ3n) is 11.3. The summed E-state index contributed by atoms with van der Waals surface area (Å²) in [5, 5.41) is 73.9. The summed E-state index contributed by atoms with van der Waals surface area (Å²) >= 11 is 0. The van der Waals surface area contributed by atoms with Gasteiger partial charge in [0.1, 0.15) is 28.1 Å². The Kier molecular flexibility index (Phi) is 4.06. The topological polar surface area (TPSA) is 173 Å². The first-order valence-corrected chi connectivity index (χ1v) is 12.4. The highest BCUT2D eigenvalue weighted by atomic mass is 16.7. The van der Waals surface area contributed by atoms with E-state index in [1.165, 1.54) is 26.1 Å². The Bertz CT molecular complexity index is 1130. The molecule has 1 aromatic rings. The molecule has 10 heteroatoms. The molecule has 11 atom stereocenters. The van der Waals surface area contributed by atoms with Gasteiger partial charge in [-0.05, 0) is 43.7 Å². The molecule has 3 heterocycles. The average molecular weight is 494 g/mol. The number of hydrogen-bond acceptors (Lipinski definition) is 9. The van der Waals surface area contributed by atoms with Crippen LogP contribution in [0.2, 0.25) is 0 Å². The van der Waals surface area contributed by atoms with E-state index in [4.69, 9.17) is 9.47 Å². The molecular formula is C25H35NO9. The van der Waals surface area contributed by atoms with Gasteiger partial charge in [-0.15, -0.1) is 0 Å². The fourth-order valence-corrected chi connectivity index (χ4v) is 9.56. The normalized spacial score (nSPS) is 59.8. The zero-order chi connectivity index (χ0) is 25.8. The first-order valence-electron chi connectivity index (χ1n) is 12.4. The SMILES string of the molecule is CC1CC[C@]2(O)[C@]3(C)C[C@]4(O)O[C@@]2(C1O)[C@]1(O)[C@@]3(O)[C@H](OC(=O)c2ccc[nH]2)[C@](O)(C(C)C)[C@]14C. The van der Waals surface area contributed by atoms with Crippen LogP contribution in [0.3, 0.4) is 0 Å². The predicted molar refractivity (Wildman–Crippen MR) is 119 cm³/mol. The standard InChI is InChI=1S/C25H35NO9/c1-12(2)22(31)17(34-16(28)14-7-6-10-26-14)23(32)18(4)11-21(30)19(22,5)25(23,33)24(35-21)15(27)13(3)8-9-20(18,24)29/h6-7,10,12-13,15,17,26-27,29-33H,8-9,11H2,1-5H3/t13?,15?,17-,18+,19-,20+,21+,22-,23-,24-,25-/m1/s1. The molecular weight excluding hydrogens is 458 g/mol. The highest BCUT2D eigenvalue weighted by Crippen LogP contribution is 2.90. The molecule has 6 fully saturated rings. The Morgan fingerprint density at radius 1 is 1.20 bits per heavy atom. The van der Waals surface area contributed by atoms with Crippen LogP contribution in [0, 0.1) is 22.7 Å². The van der Waals surface area contributed by atoms with Crippen molar-refractivity contribution in [1.82, 2.24) is 4.98 Å². The maximum absolute atomic E-state index is 13.2. The molecule has 2 unspecified atom stereocenters. The monoisotopic (exact) mass is 493 g/mol. The Hall–Kier alpha value is -1.53. The van der Waals surface area contributed by atoms with E-state index >= 15 is 0 Å². The van der Waals surface area contributed by atoms with Gasteiger partial charge < -0.3 is 45.1 Å². The number of aliphatic hydroxyl groups excluding tert-OH is 1. The van der Waals surface area contributed by atoms with Crippen LogP contribution in [0.1, 0.15) is 64.4 Å². The van der Waals surface area contributed by atoms with E-state index in [0.29, 0.717) is 6.42 Å². The molecule has 10 nitrogen and oxygen atoms in total. The summed E-state index contributed by atoms with van der Waals surface area (Å²) in [6.45, 7) is 7.91. The molecule has 194 valence electrons. The van der Waals surface area contributed by atoms with Crippen molar-refractivity contribution < 1.29 is 44.9 Å². The third-order valence-corrected chi connectivity index (χ3v) is 11.3. The molecule has 7 rings (SSSR count). The first-order chi connectivity index (χ1) is 16.0. The fourth-order valence-electron chi connectivity index (χ4n) is 9.56. The lowest BCUT2D eigenvalue weighted by atomic mass is 9.52. The molecule has 4 aliphatic carbocycles. The van der Waals surface area contributed by atoms with Crippen molar-refractivity contribution in [2.24, 2.45) is 22.7 Å². The predicted octanol–water partition coefficient (Wildman–Crippen LogP) is -0.188. The molecule has 0 amide bonds. The van der Waals surface area contributed by atoms with E-state index in [9.17, 15) is 35.4 Å². The summed E-state index contributed by atoms with van der Waals surface area (Å²) in [6.07, 6.45) is -1.63. The van der Waals surface area contributed by atoms with E-state index in [1.807, 2.05) is 0 Å². The second-order valence-corrected chi connectivity index (χ2v) is 12.4. The van der Waals surface area contributed by atoms with Crippen molar-refractivity contribution in [3.8, 4) is 0 Å². The van der Waals surface area contributed by atoms with Gasteiger partial charge in [-0.1, -0.05) is 27.7 Å². The van der Waals surface area contributed by atoms with Gasteiger partial charge in [0.15, 0.2) is 17.5 Å². The number of aromatic amines is 1. The molecule has 6 bridgehead atoms. The number of esters is 1. The van der Waals surface area contributed by atoms with E-state index < -0.39 is 74.6 Å². The Labute approximate surface area is 202 Å². The number of aliphatic hydroxyl groups is 6. The van der Waals surface area contributed by atoms with Gasteiger partial charge >= 0.3 is 5.97 Å². The molecule has 35 heavy (non-hydrogen) atoms. The van der Waals surface area contributed by atoms with Crippen molar-refractivity contribution in [2.45, 2.75) is 99.9 Å².